The van der Waals surface area contributed by atoms with Gasteiger partial charge >= 0.3 is 6.18 Å². The maximum Gasteiger partial charge on any atom is 0.417 e. The second kappa shape index (κ2) is 9.41. The van der Waals surface area contributed by atoms with Crippen LogP contribution in [0.5, 0.6) is 5.75 Å². The molecule has 1 aromatic carbocycles. The predicted molar refractivity (Wildman–Crippen MR) is 108 cm³/mol. The number of anilines is 1. The third kappa shape index (κ3) is 4.43. The van der Waals surface area contributed by atoms with E-state index in [4.69, 9.17) is 9.47 Å². The summed E-state index contributed by atoms with van der Waals surface area (Å²) in [7, 11) is 1.03. The molecule has 1 saturated heterocycles. The number of rotatable bonds is 6. The number of ether oxygens (including phenoxy) is 2. The maximum atomic E-state index is 14.4. The van der Waals surface area contributed by atoms with E-state index >= 15 is 0 Å². The normalized spacial score (nSPS) is 25.8. The molecule has 2 N–H and O–H groups in total. The number of carbonyl (C=O) groups excluding carboxylic acids is 1. The van der Waals surface area contributed by atoms with Gasteiger partial charge in [-0.15, -0.1) is 0 Å². The Hall–Kier alpha value is -2.86. The van der Waals surface area contributed by atoms with Crippen molar-refractivity contribution in [2.45, 2.75) is 43.8 Å². The zero-order valence-corrected chi connectivity index (χ0v) is 18.3. The van der Waals surface area contributed by atoms with E-state index in [9.17, 15) is 36.2 Å². The highest BCUT2D eigenvalue weighted by Crippen LogP contribution is 2.55. The molecule has 2 heterocycles. The number of hydrogen-bond donors (Lipinski definition) is 2. The van der Waals surface area contributed by atoms with Crippen LogP contribution in [0.1, 0.15) is 37.1 Å². The molecule has 2 aromatic rings. The number of methoxy groups -OCH3 is 1. The lowest BCUT2D eigenvalue weighted by Gasteiger charge is -2.32. The summed E-state index contributed by atoms with van der Waals surface area (Å²) in [6, 6.07) is 4.29. The summed E-state index contributed by atoms with van der Waals surface area (Å²) in [5.74, 6) is -7.07. The number of halogens is 6. The number of pyridine rings is 1. The van der Waals surface area contributed by atoms with Crippen LogP contribution in [0.25, 0.3) is 0 Å². The van der Waals surface area contributed by atoms with Crippen LogP contribution >= 0.6 is 0 Å². The number of hydrogen-bond acceptors (Lipinski definition) is 5. The maximum absolute atomic E-state index is 14.4. The van der Waals surface area contributed by atoms with Gasteiger partial charge in [-0.05, 0) is 25.1 Å². The zero-order valence-electron chi connectivity index (χ0n) is 18.3. The topological polar surface area (TPSA) is 80.7 Å². The molecule has 6 nitrogen and oxygen atoms in total. The SMILES string of the molecule is COc1c([C@H]2[C@H](C(=O)Nc3ccc([C@H](O)CF)nc3)O[C@@](C)(C(F)(F)F)[C@H]2C)ccc(F)c1F. The average Bonchev–Trinajstić information content (AvgIpc) is 3.07. The number of aliphatic hydroxyl groups excluding tert-OH is 1. The molecule has 1 aromatic heterocycles. The third-order valence-corrected chi connectivity index (χ3v) is 6.11. The zero-order chi connectivity index (χ0) is 25.4. The summed E-state index contributed by atoms with van der Waals surface area (Å²) >= 11 is 0. The Kier molecular flexibility index (Phi) is 7.13. The van der Waals surface area contributed by atoms with Crippen LogP contribution < -0.4 is 10.1 Å². The third-order valence-electron chi connectivity index (χ3n) is 6.11. The Morgan fingerprint density at radius 2 is 1.97 bits per heavy atom. The summed E-state index contributed by atoms with van der Waals surface area (Å²) in [4.78, 5) is 16.8. The first-order valence-corrected chi connectivity index (χ1v) is 10.1. The van der Waals surface area contributed by atoms with Crippen LogP contribution in [0.4, 0.5) is 32.0 Å². The van der Waals surface area contributed by atoms with Crippen molar-refractivity contribution >= 4 is 11.6 Å². The number of nitrogens with one attached hydrogen (secondary N) is 1. The Morgan fingerprint density at radius 1 is 1.29 bits per heavy atom. The van der Waals surface area contributed by atoms with Gasteiger partial charge in [-0.25, -0.2) is 8.78 Å². The van der Waals surface area contributed by atoms with E-state index in [2.05, 4.69) is 10.3 Å². The van der Waals surface area contributed by atoms with Gasteiger partial charge in [-0.2, -0.15) is 17.6 Å². The van der Waals surface area contributed by atoms with E-state index in [1.807, 2.05) is 0 Å². The molecular formula is C22H22F6N2O4. The quantitative estimate of drug-likeness (QED) is 0.583. The summed E-state index contributed by atoms with van der Waals surface area (Å²) in [6.07, 6.45) is -7.05. The number of amides is 1. The lowest BCUT2D eigenvalue weighted by atomic mass is 9.77. The fourth-order valence-corrected chi connectivity index (χ4v) is 4.01. The molecule has 34 heavy (non-hydrogen) atoms. The van der Waals surface area contributed by atoms with E-state index in [0.717, 1.165) is 32.4 Å². The number of carbonyl (C=O) groups is 1. The van der Waals surface area contributed by atoms with Crippen molar-refractivity contribution in [2.24, 2.45) is 5.92 Å². The van der Waals surface area contributed by atoms with Gasteiger partial charge < -0.3 is 19.9 Å². The first-order valence-electron chi connectivity index (χ1n) is 10.1. The smallest absolute Gasteiger partial charge is 0.417 e. The second-order valence-corrected chi connectivity index (χ2v) is 8.07. The predicted octanol–water partition coefficient (Wildman–Crippen LogP) is 4.45. The Bertz CT molecular complexity index is 1050. The summed E-state index contributed by atoms with van der Waals surface area (Å²) in [5.41, 5.74) is -2.93. The monoisotopic (exact) mass is 492 g/mol. The number of aliphatic hydroxyl groups is 1. The molecule has 1 amide bonds. The van der Waals surface area contributed by atoms with Crippen molar-refractivity contribution in [1.82, 2.24) is 4.98 Å². The molecule has 1 aliphatic heterocycles. The molecule has 0 bridgehead atoms. The van der Waals surface area contributed by atoms with Gasteiger partial charge in [-0.3, -0.25) is 9.78 Å². The minimum Gasteiger partial charge on any atom is -0.493 e. The van der Waals surface area contributed by atoms with E-state index < -0.39 is 65.8 Å². The summed E-state index contributed by atoms with van der Waals surface area (Å²) in [5, 5.41) is 11.8. The van der Waals surface area contributed by atoms with Crippen molar-refractivity contribution in [3.63, 3.8) is 0 Å². The molecule has 12 heteroatoms. The molecule has 3 rings (SSSR count). The Labute approximate surface area is 190 Å². The number of aromatic nitrogens is 1. The van der Waals surface area contributed by atoms with Crippen molar-refractivity contribution < 1.29 is 45.7 Å². The van der Waals surface area contributed by atoms with Crippen molar-refractivity contribution in [3.05, 3.63) is 53.4 Å². The molecular weight excluding hydrogens is 470 g/mol. The van der Waals surface area contributed by atoms with Gasteiger partial charge in [0, 0.05) is 17.4 Å². The molecule has 0 saturated carbocycles. The summed E-state index contributed by atoms with van der Waals surface area (Å²) in [6.45, 7) is 0.889. The van der Waals surface area contributed by atoms with Crippen LogP contribution in [-0.4, -0.2) is 47.7 Å². The molecule has 0 unspecified atom stereocenters. The minimum atomic E-state index is -4.89. The average molecular weight is 492 g/mol. The second-order valence-electron chi connectivity index (χ2n) is 8.07. The van der Waals surface area contributed by atoms with Crippen LogP contribution in [0, 0.1) is 17.6 Å². The molecule has 1 aliphatic rings. The van der Waals surface area contributed by atoms with E-state index in [-0.39, 0.29) is 16.9 Å². The number of nitrogens with zero attached hydrogens (tertiary/aromatic N) is 1. The lowest BCUT2D eigenvalue weighted by Crippen LogP contribution is -2.47. The van der Waals surface area contributed by atoms with Crippen molar-refractivity contribution in [2.75, 3.05) is 19.1 Å². The van der Waals surface area contributed by atoms with E-state index in [1.165, 1.54) is 19.1 Å². The van der Waals surface area contributed by atoms with Gasteiger partial charge in [-0.1, -0.05) is 13.0 Å². The van der Waals surface area contributed by atoms with Crippen LogP contribution in [-0.2, 0) is 9.53 Å². The van der Waals surface area contributed by atoms with Gasteiger partial charge in [0.2, 0.25) is 5.82 Å². The molecule has 5 atom stereocenters. The van der Waals surface area contributed by atoms with Gasteiger partial charge in [0.25, 0.3) is 5.91 Å². The minimum absolute atomic E-state index is 0.0136. The first-order chi connectivity index (χ1) is 15.9. The molecule has 0 radical (unpaired) electrons. The van der Waals surface area contributed by atoms with Crippen LogP contribution in [0.15, 0.2) is 30.5 Å². The fraction of sp³-hybridized carbons (Fsp3) is 0.455. The highest BCUT2D eigenvalue weighted by atomic mass is 19.4. The van der Waals surface area contributed by atoms with E-state index in [1.54, 1.807) is 0 Å². The number of alkyl halides is 4. The van der Waals surface area contributed by atoms with Gasteiger partial charge in [0.15, 0.2) is 17.2 Å². The molecule has 0 aliphatic carbocycles. The van der Waals surface area contributed by atoms with Crippen molar-refractivity contribution in [3.8, 4) is 5.75 Å². The first kappa shape index (κ1) is 25.8. The standard InChI is InChI=1S/C22H22F6N2O4/c1-10-16(12-5-6-13(24)17(25)18(12)33-3)19(34-21(10,2)22(26,27)28)20(32)30-11-4-7-14(29-9-11)15(31)8-23/h4-7,9-10,15-16,19,31H,8H2,1-3H3,(H,30,32)/t10-,15+,16-,19+,21+/m0/s1. The fourth-order valence-electron chi connectivity index (χ4n) is 4.01. The lowest BCUT2D eigenvalue weighted by molar-refractivity contribution is -0.272. The molecule has 186 valence electrons. The van der Waals surface area contributed by atoms with Crippen LogP contribution in [0.3, 0.4) is 0 Å². The Morgan fingerprint density at radius 3 is 2.50 bits per heavy atom. The molecule has 0 spiro atoms. The van der Waals surface area contributed by atoms with Crippen molar-refractivity contribution in [1.29, 1.82) is 0 Å². The Balaban J connectivity index is 2.01. The van der Waals surface area contributed by atoms with E-state index in [0.29, 0.717) is 0 Å². The molecule has 1 fully saturated rings. The summed E-state index contributed by atoms with van der Waals surface area (Å²) < 4.78 is 92.7. The van der Waals surface area contributed by atoms with Crippen LogP contribution in [0.2, 0.25) is 0 Å². The number of benzene rings is 1. The van der Waals surface area contributed by atoms with Gasteiger partial charge in [0.05, 0.1) is 24.7 Å². The highest BCUT2D eigenvalue weighted by Gasteiger charge is 2.65. The van der Waals surface area contributed by atoms with Gasteiger partial charge in [0.1, 0.15) is 18.9 Å². The largest absolute Gasteiger partial charge is 0.493 e. The highest BCUT2D eigenvalue weighted by molar-refractivity contribution is 5.95.